The van der Waals surface area contributed by atoms with E-state index < -0.39 is 16.8 Å². The highest BCUT2D eigenvalue weighted by molar-refractivity contribution is 6.01. The van der Waals surface area contributed by atoms with Crippen molar-refractivity contribution in [3.63, 3.8) is 0 Å². The number of carbonyl (C=O) groups is 2. The van der Waals surface area contributed by atoms with Crippen LogP contribution in [0, 0.1) is 23.0 Å². The van der Waals surface area contributed by atoms with Gasteiger partial charge in [-0.2, -0.15) is 0 Å². The molecule has 7 nitrogen and oxygen atoms in total. The number of esters is 1. The zero-order chi connectivity index (χ0) is 14.9. The Kier molecular flexibility index (Phi) is 3.69. The van der Waals surface area contributed by atoms with Gasteiger partial charge in [0.2, 0.25) is 5.91 Å². The Bertz CT molecular complexity index is 584. The fourth-order valence-electron chi connectivity index (χ4n) is 2.39. The van der Waals surface area contributed by atoms with Crippen LogP contribution in [0.2, 0.25) is 0 Å². The maximum Gasteiger partial charge on any atom is 0.311 e. The molecule has 0 aromatic heterocycles. The summed E-state index contributed by atoms with van der Waals surface area (Å²) in [4.78, 5) is 35.4. The molecule has 0 radical (unpaired) electrons. The first-order valence-corrected chi connectivity index (χ1v) is 6.08. The van der Waals surface area contributed by atoms with Gasteiger partial charge in [0.25, 0.3) is 5.69 Å². The fraction of sp³-hybridized carbons (Fsp3) is 0.385. The number of rotatable bonds is 3. The molecule has 2 rings (SSSR count). The van der Waals surface area contributed by atoms with Gasteiger partial charge in [0.15, 0.2) is 0 Å². The molecule has 1 unspecified atom stereocenters. The minimum atomic E-state index is -0.577. The summed E-state index contributed by atoms with van der Waals surface area (Å²) in [7, 11) is 1.26. The monoisotopic (exact) mass is 278 g/mol. The fourth-order valence-corrected chi connectivity index (χ4v) is 2.39. The number of benzene rings is 1. The lowest BCUT2D eigenvalue weighted by atomic mass is 10.1. The van der Waals surface area contributed by atoms with Gasteiger partial charge in [0.05, 0.1) is 18.0 Å². The van der Waals surface area contributed by atoms with E-state index in [4.69, 9.17) is 0 Å². The van der Waals surface area contributed by atoms with Gasteiger partial charge in [-0.1, -0.05) is 12.1 Å². The molecule has 0 aliphatic carbocycles. The third kappa shape index (κ3) is 2.34. The van der Waals surface area contributed by atoms with Crippen LogP contribution in [-0.2, 0) is 14.3 Å². The minimum absolute atomic E-state index is 0.0121. The van der Waals surface area contributed by atoms with Crippen LogP contribution in [-0.4, -0.2) is 30.5 Å². The normalized spacial score (nSPS) is 18.2. The van der Waals surface area contributed by atoms with Crippen LogP contribution in [0.25, 0.3) is 0 Å². The summed E-state index contributed by atoms with van der Waals surface area (Å²) >= 11 is 0. The van der Waals surface area contributed by atoms with E-state index in [0.29, 0.717) is 5.56 Å². The first-order chi connectivity index (χ1) is 9.45. The highest BCUT2D eigenvalue weighted by Crippen LogP contribution is 2.35. The topological polar surface area (TPSA) is 89.8 Å². The molecule has 1 heterocycles. The lowest BCUT2D eigenvalue weighted by Gasteiger charge is -2.18. The van der Waals surface area contributed by atoms with Crippen LogP contribution in [0.5, 0.6) is 0 Å². The van der Waals surface area contributed by atoms with E-state index >= 15 is 0 Å². The molecule has 7 heteroatoms. The van der Waals surface area contributed by atoms with Gasteiger partial charge in [0.1, 0.15) is 5.69 Å². The number of hydrogen-bond acceptors (Lipinski definition) is 5. The Balaban J connectivity index is 2.40. The lowest BCUT2D eigenvalue weighted by molar-refractivity contribution is -0.384. The Morgan fingerprint density at radius 1 is 1.50 bits per heavy atom. The second kappa shape index (κ2) is 5.28. The average molecular weight is 278 g/mol. The number of nitrogens with zero attached hydrogens (tertiary/aromatic N) is 2. The van der Waals surface area contributed by atoms with Crippen LogP contribution >= 0.6 is 0 Å². The maximum atomic E-state index is 12.0. The van der Waals surface area contributed by atoms with Gasteiger partial charge in [-0.15, -0.1) is 0 Å². The largest absolute Gasteiger partial charge is 0.469 e. The summed E-state index contributed by atoms with van der Waals surface area (Å²) in [5, 5.41) is 11.1. The van der Waals surface area contributed by atoms with Crippen LogP contribution in [0.1, 0.15) is 12.0 Å². The predicted molar refractivity (Wildman–Crippen MR) is 70.3 cm³/mol. The number of hydrogen-bond donors (Lipinski definition) is 0. The lowest BCUT2D eigenvalue weighted by Crippen LogP contribution is -2.27. The van der Waals surface area contributed by atoms with Crippen molar-refractivity contribution in [2.45, 2.75) is 13.3 Å². The van der Waals surface area contributed by atoms with E-state index in [9.17, 15) is 19.7 Å². The van der Waals surface area contributed by atoms with Crippen molar-refractivity contribution in [3.05, 3.63) is 33.9 Å². The molecule has 1 amide bonds. The summed E-state index contributed by atoms with van der Waals surface area (Å²) < 4.78 is 4.62. The molecule has 1 aliphatic heterocycles. The van der Waals surface area contributed by atoms with Crippen LogP contribution < -0.4 is 4.90 Å². The number of carbonyl (C=O) groups excluding carboxylic acids is 2. The molecule has 0 bridgehead atoms. The first-order valence-electron chi connectivity index (χ1n) is 6.08. The third-order valence-electron chi connectivity index (χ3n) is 3.34. The van der Waals surface area contributed by atoms with Gasteiger partial charge in [-0.05, 0) is 12.5 Å². The number of aryl methyl sites for hydroxylation is 1. The number of para-hydroxylation sites is 1. The van der Waals surface area contributed by atoms with Crippen molar-refractivity contribution in [2.75, 3.05) is 18.6 Å². The Morgan fingerprint density at radius 3 is 2.80 bits per heavy atom. The molecule has 1 saturated heterocycles. The van der Waals surface area contributed by atoms with E-state index in [0.717, 1.165) is 0 Å². The van der Waals surface area contributed by atoms with E-state index in [1.165, 1.54) is 18.1 Å². The van der Waals surface area contributed by atoms with Gasteiger partial charge in [-0.3, -0.25) is 19.7 Å². The highest BCUT2D eigenvalue weighted by atomic mass is 16.6. The van der Waals surface area contributed by atoms with Crippen LogP contribution in [0.3, 0.4) is 0 Å². The molecule has 0 saturated carbocycles. The summed E-state index contributed by atoms with van der Waals surface area (Å²) in [6.07, 6.45) is 0.0121. The van der Waals surface area contributed by atoms with Gasteiger partial charge < -0.3 is 9.64 Å². The average Bonchev–Trinajstić information content (AvgIpc) is 2.79. The van der Waals surface area contributed by atoms with Gasteiger partial charge in [0, 0.05) is 19.0 Å². The van der Waals surface area contributed by atoms with Crippen molar-refractivity contribution in [1.82, 2.24) is 0 Å². The summed E-state index contributed by atoms with van der Waals surface area (Å²) in [5.74, 6) is -1.36. The van der Waals surface area contributed by atoms with Crippen molar-refractivity contribution in [2.24, 2.45) is 5.92 Å². The first kappa shape index (κ1) is 14.0. The maximum absolute atomic E-state index is 12.0. The number of ether oxygens (including phenoxy) is 1. The molecule has 1 fully saturated rings. The van der Waals surface area contributed by atoms with E-state index in [2.05, 4.69) is 4.74 Å². The number of methoxy groups -OCH3 is 1. The molecule has 0 N–H and O–H groups in total. The Morgan fingerprint density at radius 2 is 2.20 bits per heavy atom. The van der Waals surface area contributed by atoms with Crippen molar-refractivity contribution in [3.8, 4) is 0 Å². The van der Waals surface area contributed by atoms with E-state index in [1.807, 2.05) is 0 Å². The number of anilines is 1. The van der Waals surface area contributed by atoms with Crippen LogP contribution in [0.4, 0.5) is 11.4 Å². The Hall–Kier alpha value is -2.44. The standard InChI is InChI=1S/C13H14N2O5/c1-8-4-3-5-10(15(18)19)12(8)14-7-9(6-11(14)16)13(17)20-2/h3-5,9H,6-7H2,1-2H3. The number of amides is 1. The number of nitro groups is 1. The van der Waals surface area contributed by atoms with Gasteiger partial charge in [-0.25, -0.2) is 0 Å². The second-order valence-electron chi connectivity index (χ2n) is 4.63. The van der Waals surface area contributed by atoms with E-state index in [-0.39, 0.29) is 30.2 Å². The Labute approximate surface area is 115 Å². The highest BCUT2D eigenvalue weighted by Gasteiger charge is 2.38. The molecule has 0 spiro atoms. The summed E-state index contributed by atoms with van der Waals surface area (Å²) in [5.41, 5.74) is 0.746. The molecule has 1 aromatic carbocycles. The van der Waals surface area contributed by atoms with Crippen LogP contribution in [0.15, 0.2) is 18.2 Å². The minimum Gasteiger partial charge on any atom is -0.469 e. The predicted octanol–water partition coefficient (Wildman–Crippen LogP) is 1.43. The quantitative estimate of drug-likeness (QED) is 0.474. The smallest absolute Gasteiger partial charge is 0.311 e. The second-order valence-corrected chi connectivity index (χ2v) is 4.63. The molecular formula is C13H14N2O5. The molecule has 1 aromatic rings. The molecular weight excluding hydrogens is 264 g/mol. The number of nitro benzene ring substituents is 1. The van der Waals surface area contributed by atoms with Crippen molar-refractivity contribution in [1.29, 1.82) is 0 Å². The van der Waals surface area contributed by atoms with Crippen molar-refractivity contribution >= 4 is 23.3 Å². The zero-order valence-electron chi connectivity index (χ0n) is 11.2. The van der Waals surface area contributed by atoms with Crippen molar-refractivity contribution < 1.29 is 19.2 Å². The molecule has 106 valence electrons. The van der Waals surface area contributed by atoms with Gasteiger partial charge >= 0.3 is 5.97 Å². The molecule has 1 atom stereocenters. The molecule has 20 heavy (non-hydrogen) atoms. The summed E-state index contributed by atoms with van der Waals surface area (Å²) in [6, 6.07) is 4.61. The SMILES string of the molecule is COC(=O)C1CC(=O)N(c2c(C)cccc2[N+](=O)[O-])C1. The van der Waals surface area contributed by atoms with E-state index in [1.54, 1.807) is 19.1 Å². The zero-order valence-corrected chi connectivity index (χ0v) is 11.2. The third-order valence-corrected chi connectivity index (χ3v) is 3.34. The molecule has 1 aliphatic rings. The summed E-state index contributed by atoms with van der Waals surface area (Å²) in [6.45, 7) is 1.80.